The SMILES string of the molecule is CSOOc1ccc([C@H]2OC(C(Cl)Cl)=N[C@@H]2C=O)cc1. The summed E-state index contributed by atoms with van der Waals surface area (Å²) >= 11 is 12.5. The second kappa shape index (κ2) is 7.17. The molecule has 1 aliphatic rings. The highest BCUT2D eigenvalue weighted by Crippen LogP contribution is 2.31. The summed E-state index contributed by atoms with van der Waals surface area (Å²) in [6, 6.07) is 6.27. The molecule has 0 radical (unpaired) electrons. The highest BCUT2D eigenvalue weighted by atomic mass is 35.5. The molecule has 0 saturated heterocycles. The van der Waals surface area contributed by atoms with E-state index in [1.807, 2.05) is 0 Å². The van der Waals surface area contributed by atoms with Crippen LogP contribution in [-0.4, -0.2) is 29.3 Å². The van der Waals surface area contributed by atoms with Crippen LogP contribution in [0.3, 0.4) is 0 Å². The van der Waals surface area contributed by atoms with Crippen LogP contribution in [0.25, 0.3) is 0 Å². The molecule has 1 aromatic rings. The van der Waals surface area contributed by atoms with Gasteiger partial charge in [-0.15, -0.1) is 4.33 Å². The van der Waals surface area contributed by atoms with Crippen LogP contribution in [0, 0.1) is 0 Å². The van der Waals surface area contributed by atoms with Gasteiger partial charge < -0.3 is 14.4 Å². The average molecular weight is 336 g/mol. The number of aliphatic imine (C=N–C) groups is 1. The molecule has 1 heterocycles. The van der Waals surface area contributed by atoms with Gasteiger partial charge in [-0.3, -0.25) is 0 Å². The van der Waals surface area contributed by atoms with Gasteiger partial charge in [-0.2, -0.15) is 0 Å². The number of rotatable bonds is 6. The minimum absolute atomic E-state index is 0.154. The second-order valence-corrected chi connectivity index (χ2v) is 5.39. The average Bonchev–Trinajstić information content (AvgIpc) is 2.90. The van der Waals surface area contributed by atoms with Crippen molar-refractivity contribution in [3.8, 4) is 5.75 Å². The fraction of sp³-hybridized carbons (Fsp3) is 0.333. The van der Waals surface area contributed by atoms with Crippen LogP contribution < -0.4 is 4.89 Å². The predicted molar refractivity (Wildman–Crippen MR) is 78.3 cm³/mol. The van der Waals surface area contributed by atoms with E-state index in [1.54, 1.807) is 30.5 Å². The van der Waals surface area contributed by atoms with Gasteiger partial charge in [0.05, 0.1) is 0 Å². The van der Waals surface area contributed by atoms with Crippen LogP contribution in [0.5, 0.6) is 5.75 Å². The van der Waals surface area contributed by atoms with Crippen LogP contribution in [0.15, 0.2) is 29.3 Å². The van der Waals surface area contributed by atoms with E-state index < -0.39 is 17.0 Å². The number of aldehydes is 1. The summed E-state index contributed by atoms with van der Waals surface area (Å²) in [5.41, 5.74) is 0.770. The third-order valence-electron chi connectivity index (χ3n) is 2.57. The minimum atomic E-state index is -0.889. The van der Waals surface area contributed by atoms with E-state index in [2.05, 4.69) is 4.99 Å². The first kappa shape index (κ1) is 15.4. The lowest BCUT2D eigenvalue weighted by molar-refractivity contribution is -0.110. The lowest BCUT2D eigenvalue weighted by atomic mass is 10.0. The molecule has 5 nitrogen and oxygen atoms in total. The Labute approximate surface area is 130 Å². The topological polar surface area (TPSA) is 57.1 Å². The molecule has 0 spiro atoms. The normalized spacial score (nSPS) is 21.5. The standard InChI is InChI=1S/C12H11Cl2NO4S/c1-20-19-18-8-4-2-7(3-5-8)10-9(6-16)15-12(17-10)11(13)14/h2-6,9-11H,1H3/t9-,10-/m1/s1. The van der Waals surface area contributed by atoms with Gasteiger partial charge in [0.2, 0.25) is 5.90 Å². The van der Waals surface area contributed by atoms with E-state index in [4.69, 9.17) is 37.2 Å². The Morgan fingerprint density at radius 3 is 2.65 bits per heavy atom. The van der Waals surface area contributed by atoms with E-state index in [1.165, 1.54) is 0 Å². The highest BCUT2D eigenvalue weighted by molar-refractivity contribution is 7.93. The van der Waals surface area contributed by atoms with Gasteiger partial charge in [0.25, 0.3) is 0 Å². The summed E-state index contributed by atoms with van der Waals surface area (Å²) in [5, 5.41) is 0. The van der Waals surface area contributed by atoms with Crippen molar-refractivity contribution in [1.29, 1.82) is 0 Å². The van der Waals surface area contributed by atoms with E-state index >= 15 is 0 Å². The van der Waals surface area contributed by atoms with Gasteiger partial charge in [-0.25, -0.2) is 4.99 Å². The molecule has 0 unspecified atom stereocenters. The van der Waals surface area contributed by atoms with E-state index in [9.17, 15) is 4.79 Å². The third-order valence-corrected chi connectivity index (χ3v) is 3.14. The Bertz CT molecular complexity index is 495. The number of benzene rings is 1. The fourth-order valence-corrected chi connectivity index (χ4v) is 2.07. The zero-order valence-electron chi connectivity index (χ0n) is 10.4. The molecule has 0 saturated carbocycles. The first-order valence-corrected chi connectivity index (χ1v) is 7.63. The van der Waals surface area contributed by atoms with Crippen molar-refractivity contribution in [2.24, 2.45) is 4.99 Å². The van der Waals surface area contributed by atoms with Gasteiger partial charge in [0.1, 0.15) is 12.3 Å². The first-order valence-electron chi connectivity index (χ1n) is 5.60. The predicted octanol–water partition coefficient (Wildman–Crippen LogP) is 3.12. The summed E-state index contributed by atoms with van der Waals surface area (Å²) < 4.78 is 10.3. The van der Waals surface area contributed by atoms with Crippen molar-refractivity contribution in [3.05, 3.63) is 29.8 Å². The third kappa shape index (κ3) is 3.58. The van der Waals surface area contributed by atoms with Crippen molar-refractivity contribution in [1.82, 2.24) is 0 Å². The lowest BCUT2D eigenvalue weighted by Crippen LogP contribution is -2.16. The summed E-state index contributed by atoms with van der Waals surface area (Å²) in [7, 11) is 0. The number of ether oxygens (including phenoxy) is 1. The van der Waals surface area contributed by atoms with Crippen LogP contribution in [0.1, 0.15) is 11.7 Å². The van der Waals surface area contributed by atoms with E-state index in [0.29, 0.717) is 12.0 Å². The summed E-state index contributed by atoms with van der Waals surface area (Å²) in [5.74, 6) is 0.693. The van der Waals surface area contributed by atoms with Gasteiger partial charge in [-0.1, -0.05) is 35.3 Å². The maximum absolute atomic E-state index is 11.0. The van der Waals surface area contributed by atoms with Crippen molar-refractivity contribution < 1.29 is 18.8 Å². The summed E-state index contributed by atoms with van der Waals surface area (Å²) in [6.45, 7) is 0. The number of halogens is 2. The Morgan fingerprint density at radius 1 is 1.40 bits per heavy atom. The van der Waals surface area contributed by atoms with Crippen molar-refractivity contribution in [2.75, 3.05) is 6.26 Å². The molecule has 0 fully saturated rings. The molecule has 0 N–H and O–H groups in total. The quantitative estimate of drug-likeness (QED) is 0.263. The summed E-state index contributed by atoms with van der Waals surface area (Å²) in [6.07, 6.45) is 1.91. The van der Waals surface area contributed by atoms with Gasteiger partial charge in [0.15, 0.2) is 16.7 Å². The van der Waals surface area contributed by atoms with Crippen LogP contribution in [-0.2, 0) is 13.9 Å². The minimum Gasteiger partial charge on any atom is -0.468 e. The first-order chi connectivity index (χ1) is 9.65. The molecular formula is C12H11Cl2NO4S. The van der Waals surface area contributed by atoms with Crippen LogP contribution in [0.2, 0.25) is 0 Å². The number of hydrogen-bond donors (Lipinski definition) is 0. The van der Waals surface area contributed by atoms with Crippen molar-refractivity contribution in [2.45, 2.75) is 17.0 Å². The second-order valence-electron chi connectivity index (χ2n) is 3.82. The van der Waals surface area contributed by atoms with Gasteiger partial charge in [0, 0.05) is 18.3 Å². The molecule has 1 aliphatic heterocycles. The molecule has 8 heteroatoms. The Kier molecular flexibility index (Phi) is 5.54. The zero-order valence-corrected chi connectivity index (χ0v) is 12.7. The van der Waals surface area contributed by atoms with E-state index in [-0.39, 0.29) is 5.90 Å². The number of nitrogens with zero attached hydrogens (tertiary/aromatic N) is 1. The molecule has 108 valence electrons. The zero-order chi connectivity index (χ0) is 14.5. The number of carbonyl (C=O) groups is 1. The Balaban J connectivity index is 2.10. The number of carbonyl (C=O) groups excluding carboxylic acids is 1. The number of hydrogen-bond acceptors (Lipinski definition) is 6. The smallest absolute Gasteiger partial charge is 0.219 e. The molecule has 0 bridgehead atoms. The van der Waals surface area contributed by atoms with E-state index in [0.717, 1.165) is 17.6 Å². The maximum Gasteiger partial charge on any atom is 0.219 e. The van der Waals surface area contributed by atoms with Crippen LogP contribution >= 0.6 is 35.2 Å². The number of alkyl halides is 2. The van der Waals surface area contributed by atoms with Gasteiger partial charge in [-0.05, 0) is 17.7 Å². The van der Waals surface area contributed by atoms with Crippen LogP contribution in [0.4, 0.5) is 0 Å². The maximum atomic E-state index is 11.0. The molecular weight excluding hydrogens is 325 g/mol. The van der Waals surface area contributed by atoms with Crippen molar-refractivity contribution >= 4 is 47.4 Å². The summed E-state index contributed by atoms with van der Waals surface area (Å²) in [4.78, 5) is 19.2. The highest BCUT2D eigenvalue weighted by Gasteiger charge is 2.34. The molecule has 2 atom stereocenters. The molecule has 0 aliphatic carbocycles. The Morgan fingerprint density at radius 2 is 2.10 bits per heavy atom. The fourth-order valence-electron chi connectivity index (χ4n) is 1.71. The molecule has 0 amide bonds. The molecule has 1 aromatic carbocycles. The van der Waals surface area contributed by atoms with Gasteiger partial charge >= 0.3 is 0 Å². The molecule has 0 aromatic heterocycles. The largest absolute Gasteiger partial charge is 0.468 e. The monoisotopic (exact) mass is 335 g/mol. The lowest BCUT2D eigenvalue weighted by Gasteiger charge is -2.15. The molecule has 2 rings (SSSR count). The van der Waals surface area contributed by atoms with Crippen molar-refractivity contribution in [3.63, 3.8) is 0 Å². The molecule has 20 heavy (non-hydrogen) atoms. The Hall–Kier alpha value is -0.950.